The van der Waals surface area contributed by atoms with Crippen LogP contribution in [0.1, 0.15) is 10.4 Å². The van der Waals surface area contributed by atoms with E-state index in [0.29, 0.717) is 21.7 Å². The molecule has 11 nitrogen and oxygen atoms in total. The second kappa shape index (κ2) is 11.8. The van der Waals surface area contributed by atoms with E-state index in [1.54, 1.807) is 17.5 Å². The van der Waals surface area contributed by atoms with E-state index in [4.69, 9.17) is 10.5 Å². The zero-order valence-corrected chi connectivity index (χ0v) is 22.1. The lowest BCUT2D eigenvalue weighted by Crippen LogP contribution is -2.37. The maximum atomic E-state index is 14.7. The van der Waals surface area contributed by atoms with Crippen molar-refractivity contribution in [3.05, 3.63) is 59.0 Å². The van der Waals surface area contributed by atoms with Gasteiger partial charge in [-0.05, 0) is 24.3 Å². The average molecular weight is 574 g/mol. The van der Waals surface area contributed by atoms with Crippen molar-refractivity contribution in [3.63, 3.8) is 0 Å². The number of carbonyl (C=O) groups excluding carboxylic acids is 3. The van der Waals surface area contributed by atoms with Crippen molar-refractivity contribution in [3.8, 4) is 26.9 Å². The van der Waals surface area contributed by atoms with E-state index in [-0.39, 0.29) is 45.9 Å². The van der Waals surface area contributed by atoms with Gasteiger partial charge in [0, 0.05) is 29.6 Å². The number of aromatic nitrogens is 2. The number of hydrogen-bond donors (Lipinski definition) is 5. The van der Waals surface area contributed by atoms with Gasteiger partial charge >= 0.3 is 6.03 Å². The van der Waals surface area contributed by atoms with Gasteiger partial charge in [-0.25, -0.2) is 23.5 Å². The van der Waals surface area contributed by atoms with Crippen LogP contribution >= 0.6 is 22.7 Å². The Hall–Kier alpha value is -4.63. The molecule has 2 aromatic carbocycles. The van der Waals surface area contributed by atoms with Crippen LogP contribution < -0.4 is 31.7 Å². The van der Waals surface area contributed by atoms with Gasteiger partial charge in [0.2, 0.25) is 5.91 Å². The molecule has 0 aliphatic heterocycles. The summed E-state index contributed by atoms with van der Waals surface area (Å²) in [5, 5.41) is 11.7. The highest BCUT2D eigenvalue weighted by Gasteiger charge is 2.20. The van der Waals surface area contributed by atoms with Gasteiger partial charge in [-0.15, -0.1) is 11.3 Å². The van der Waals surface area contributed by atoms with E-state index in [9.17, 15) is 23.2 Å². The molecule has 6 N–H and O–H groups in total. The number of urea groups is 1. The first kappa shape index (κ1) is 27.4. The van der Waals surface area contributed by atoms with Crippen LogP contribution in [-0.4, -0.2) is 48.5 Å². The van der Waals surface area contributed by atoms with Crippen molar-refractivity contribution >= 4 is 57.2 Å². The van der Waals surface area contributed by atoms with Gasteiger partial charge in [0.25, 0.3) is 5.91 Å². The molecule has 0 bridgehead atoms. The second-order valence-electron chi connectivity index (χ2n) is 7.75. The van der Waals surface area contributed by atoms with E-state index in [0.717, 1.165) is 28.7 Å². The molecule has 2 heterocycles. The largest absolute Gasteiger partial charge is 0.497 e. The molecular formula is C24H21F2N7O4S2. The molecule has 0 saturated heterocycles. The van der Waals surface area contributed by atoms with Crippen LogP contribution in [-0.2, 0) is 4.79 Å². The van der Waals surface area contributed by atoms with E-state index in [1.807, 2.05) is 0 Å². The van der Waals surface area contributed by atoms with Crippen LogP contribution in [0.4, 0.5) is 30.2 Å². The first-order valence-corrected chi connectivity index (χ1v) is 12.8. The van der Waals surface area contributed by atoms with Crippen LogP contribution in [0.5, 0.6) is 5.75 Å². The first-order chi connectivity index (χ1) is 18.7. The number of thiazole rings is 2. The number of ether oxygens (including phenoxy) is 1. The molecule has 4 amide bonds. The quantitative estimate of drug-likeness (QED) is 0.214. The van der Waals surface area contributed by atoms with Gasteiger partial charge in [-0.2, -0.15) is 0 Å². The Kier molecular flexibility index (Phi) is 8.31. The van der Waals surface area contributed by atoms with Crippen LogP contribution in [0.15, 0.2) is 41.8 Å². The maximum Gasteiger partial charge on any atom is 0.321 e. The average Bonchev–Trinajstić information content (AvgIpc) is 3.55. The molecule has 4 aromatic rings. The van der Waals surface area contributed by atoms with Gasteiger partial charge in [-0.3, -0.25) is 14.9 Å². The highest BCUT2D eigenvalue weighted by molar-refractivity contribution is 7.23. The molecule has 15 heteroatoms. The van der Waals surface area contributed by atoms with Gasteiger partial charge in [-0.1, -0.05) is 17.4 Å². The molecule has 0 unspecified atom stereocenters. The minimum atomic E-state index is -0.958. The van der Waals surface area contributed by atoms with Gasteiger partial charge < -0.3 is 26.4 Å². The zero-order chi connectivity index (χ0) is 28.1. The Labute approximate surface area is 228 Å². The summed E-state index contributed by atoms with van der Waals surface area (Å²) in [4.78, 5) is 44.8. The van der Waals surface area contributed by atoms with E-state index < -0.39 is 23.6 Å². The van der Waals surface area contributed by atoms with E-state index in [1.165, 1.54) is 26.3 Å². The smallest absolute Gasteiger partial charge is 0.321 e. The number of amides is 4. The monoisotopic (exact) mass is 573 g/mol. The van der Waals surface area contributed by atoms with Crippen LogP contribution in [0.2, 0.25) is 0 Å². The summed E-state index contributed by atoms with van der Waals surface area (Å²) in [7, 11) is 2.89. The number of carbonyl (C=O) groups is 3. The Bertz CT molecular complexity index is 1560. The number of nitrogen functional groups attached to an aromatic ring is 1. The van der Waals surface area contributed by atoms with Gasteiger partial charge in [0.15, 0.2) is 5.13 Å². The fourth-order valence-corrected chi connectivity index (χ4v) is 5.03. The topological polar surface area (TPSA) is 160 Å². The summed E-state index contributed by atoms with van der Waals surface area (Å²) in [6, 6.07) is 7.44. The van der Waals surface area contributed by atoms with Gasteiger partial charge in [0.1, 0.15) is 33.1 Å². The fraction of sp³-hybridized carbons (Fsp3) is 0.125. The molecule has 0 aliphatic carbocycles. The number of halogens is 2. The summed E-state index contributed by atoms with van der Waals surface area (Å²) in [5.74, 6) is -2.30. The molecular weight excluding hydrogens is 552 g/mol. The number of hydrogen-bond acceptors (Lipinski definition) is 9. The van der Waals surface area contributed by atoms with Crippen molar-refractivity contribution in [2.75, 3.05) is 37.1 Å². The number of methoxy groups -OCH3 is 1. The predicted molar refractivity (Wildman–Crippen MR) is 145 cm³/mol. The molecule has 0 atom stereocenters. The SMILES string of the molecule is CNC(=O)CNC(=O)Nc1nc(N)c(-c2nc(-c3cc(NC(=O)c4cccc(OC)c4)c(F)cc3F)cs2)s1. The summed E-state index contributed by atoms with van der Waals surface area (Å²) in [6.07, 6.45) is 0. The highest BCUT2D eigenvalue weighted by Crippen LogP contribution is 2.39. The Morgan fingerprint density at radius 1 is 1.08 bits per heavy atom. The normalized spacial score (nSPS) is 10.6. The minimum Gasteiger partial charge on any atom is -0.497 e. The van der Waals surface area contributed by atoms with Crippen LogP contribution in [0.25, 0.3) is 21.1 Å². The molecule has 4 rings (SSSR count). The number of likely N-dealkylation sites (N-methyl/N-ethyl adjacent to an activating group) is 1. The second-order valence-corrected chi connectivity index (χ2v) is 9.61. The van der Waals surface area contributed by atoms with Crippen molar-refractivity contribution in [1.82, 2.24) is 20.6 Å². The molecule has 0 fully saturated rings. The summed E-state index contributed by atoms with van der Waals surface area (Å²) in [6.45, 7) is -0.225. The predicted octanol–water partition coefficient (Wildman–Crippen LogP) is 3.92. The Morgan fingerprint density at radius 2 is 1.87 bits per heavy atom. The highest BCUT2D eigenvalue weighted by atomic mass is 32.1. The number of anilines is 3. The van der Waals surface area contributed by atoms with E-state index >= 15 is 0 Å². The maximum absolute atomic E-state index is 14.7. The third-order valence-electron chi connectivity index (χ3n) is 5.17. The molecule has 0 spiro atoms. The number of nitrogens with zero attached hydrogens (tertiary/aromatic N) is 2. The number of nitrogens with one attached hydrogen (secondary N) is 4. The summed E-state index contributed by atoms with van der Waals surface area (Å²) < 4.78 is 34.4. The third-order valence-corrected chi connectivity index (χ3v) is 7.16. The summed E-state index contributed by atoms with van der Waals surface area (Å²) >= 11 is 2.16. The Morgan fingerprint density at radius 3 is 2.62 bits per heavy atom. The molecule has 2 aromatic heterocycles. The summed E-state index contributed by atoms with van der Waals surface area (Å²) in [5.41, 5.74) is 6.11. The van der Waals surface area contributed by atoms with Gasteiger partial charge in [0.05, 0.1) is 25.0 Å². The molecule has 0 aliphatic rings. The molecule has 202 valence electrons. The lowest BCUT2D eigenvalue weighted by Gasteiger charge is -2.10. The van der Waals surface area contributed by atoms with Crippen LogP contribution in [0.3, 0.4) is 0 Å². The third kappa shape index (κ3) is 6.45. The number of nitrogens with two attached hydrogens (primary N) is 1. The molecule has 0 radical (unpaired) electrons. The first-order valence-electron chi connectivity index (χ1n) is 11.1. The lowest BCUT2D eigenvalue weighted by molar-refractivity contribution is -0.119. The van der Waals surface area contributed by atoms with Crippen molar-refractivity contribution in [2.24, 2.45) is 0 Å². The number of benzene rings is 2. The lowest BCUT2D eigenvalue weighted by atomic mass is 10.1. The minimum absolute atomic E-state index is 0.0464. The number of rotatable bonds is 8. The van der Waals surface area contributed by atoms with E-state index in [2.05, 4.69) is 31.2 Å². The molecule has 39 heavy (non-hydrogen) atoms. The van der Waals surface area contributed by atoms with Crippen molar-refractivity contribution in [2.45, 2.75) is 0 Å². The zero-order valence-electron chi connectivity index (χ0n) is 20.4. The standard InChI is InChI=1S/C24H21F2N7O4S2/c1-28-18(34)9-29-23(36)33-24-32-20(27)19(39-24)22-31-17(10-38-22)13-7-16(15(26)8-14(13)25)30-21(35)11-4-3-5-12(6-11)37-2/h3-8,10H,9,27H2,1-2H3,(H,28,34)(H,30,35)(H2,29,32,33,36). The van der Waals surface area contributed by atoms with Crippen molar-refractivity contribution < 1.29 is 27.9 Å². The Balaban J connectivity index is 1.53. The van der Waals surface area contributed by atoms with Crippen molar-refractivity contribution in [1.29, 1.82) is 0 Å². The fourth-order valence-electron chi connectivity index (χ4n) is 3.23. The van der Waals surface area contributed by atoms with Crippen LogP contribution in [0, 0.1) is 11.6 Å². The molecule has 0 saturated carbocycles.